The summed E-state index contributed by atoms with van der Waals surface area (Å²) in [4.78, 5) is 29.3. The topological polar surface area (TPSA) is 78.6 Å². The molecule has 0 unspecified atom stereocenters. The van der Waals surface area contributed by atoms with Crippen molar-refractivity contribution in [3.05, 3.63) is 94.2 Å². The number of hydrogen-bond acceptors (Lipinski definition) is 6. The van der Waals surface area contributed by atoms with Crippen LogP contribution in [-0.4, -0.2) is 16.7 Å². The van der Waals surface area contributed by atoms with E-state index in [9.17, 15) is 9.59 Å². The molecule has 31 heavy (non-hydrogen) atoms. The average Bonchev–Trinajstić information content (AvgIpc) is 3.30. The van der Waals surface area contributed by atoms with Crippen LogP contribution in [0.4, 0.5) is 0 Å². The maximum absolute atomic E-state index is 12.8. The van der Waals surface area contributed by atoms with Crippen LogP contribution in [0.2, 0.25) is 5.02 Å². The molecule has 0 saturated carbocycles. The Bertz CT molecular complexity index is 1390. The van der Waals surface area contributed by atoms with Gasteiger partial charge in [0.15, 0.2) is 5.76 Å². The standard InChI is InChI=1S/C24H14ClNO5/c1-13-8-17(29-24(28)21-11-15-10-16(25)2-3-18(15)30-21)12-19-22(13)23(27)20(31-19)9-14-4-6-26-7-5-14/h2-12H,1H3/b20-9-. The molecule has 0 bridgehead atoms. The molecule has 4 aromatic rings. The number of aryl methyl sites for hydroxylation is 1. The van der Waals surface area contributed by atoms with Gasteiger partial charge < -0.3 is 13.9 Å². The Balaban J connectivity index is 1.42. The van der Waals surface area contributed by atoms with E-state index in [1.807, 2.05) is 0 Å². The molecule has 5 rings (SSSR count). The van der Waals surface area contributed by atoms with Crippen LogP contribution in [0.3, 0.4) is 0 Å². The van der Waals surface area contributed by atoms with Gasteiger partial charge in [0, 0.05) is 28.9 Å². The van der Waals surface area contributed by atoms with Crippen molar-refractivity contribution in [1.29, 1.82) is 0 Å². The minimum atomic E-state index is -0.663. The fourth-order valence-electron chi connectivity index (χ4n) is 3.42. The largest absolute Gasteiger partial charge is 0.452 e. The number of ether oxygens (including phenoxy) is 2. The van der Waals surface area contributed by atoms with E-state index in [1.54, 1.807) is 67.9 Å². The quantitative estimate of drug-likeness (QED) is 0.238. The van der Waals surface area contributed by atoms with Crippen LogP contribution in [0.5, 0.6) is 11.5 Å². The number of carbonyl (C=O) groups excluding carboxylic acids is 2. The van der Waals surface area contributed by atoms with Crippen LogP contribution in [-0.2, 0) is 0 Å². The van der Waals surface area contributed by atoms with Crippen molar-refractivity contribution in [2.45, 2.75) is 6.92 Å². The second-order valence-electron chi connectivity index (χ2n) is 7.02. The van der Waals surface area contributed by atoms with Crippen LogP contribution in [0.15, 0.2) is 71.1 Å². The molecule has 0 saturated heterocycles. The fraction of sp³-hybridized carbons (Fsp3) is 0.0417. The molecule has 3 heterocycles. The highest BCUT2D eigenvalue weighted by atomic mass is 35.5. The van der Waals surface area contributed by atoms with Crippen LogP contribution in [0.25, 0.3) is 17.0 Å². The van der Waals surface area contributed by atoms with E-state index in [2.05, 4.69) is 4.98 Å². The van der Waals surface area contributed by atoms with Gasteiger partial charge in [0.05, 0.1) is 5.56 Å². The van der Waals surface area contributed by atoms with Gasteiger partial charge >= 0.3 is 5.97 Å². The number of halogens is 1. The second kappa shape index (κ2) is 7.41. The first-order valence-electron chi connectivity index (χ1n) is 9.38. The lowest BCUT2D eigenvalue weighted by Gasteiger charge is -2.06. The molecule has 0 spiro atoms. The van der Waals surface area contributed by atoms with Gasteiger partial charge in [-0.15, -0.1) is 0 Å². The lowest BCUT2D eigenvalue weighted by molar-refractivity contribution is 0.0703. The van der Waals surface area contributed by atoms with Gasteiger partial charge in [-0.05, 0) is 66.6 Å². The molecule has 7 heteroatoms. The highest BCUT2D eigenvalue weighted by Gasteiger charge is 2.30. The van der Waals surface area contributed by atoms with Crippen molar-refractivity contribution in [1.82, 2.24) is 4.98 Å². The molecular weight excluding hydrogens is 418 g/mol. The molecule has 2 aromatic heterocycles. The first kappa shape index (κ1) is 19.1. The number of hydrogen-bond donors (Lipinski definition) is 0. The van der Waals surface area contributed by atoms with Crippen LogP contribution >= 0.6 is 11.6 Å². The first-order chi connectivity index (χ1) is 15.0. The van der Waals surface area contributed by atoms with E-state index >= 15 is 0 Å². The SMILES string of the molecule is Cc1cc(OC(=O)c2cc3cc(Cl)ccc3o2)cc2c1C(=O)/C(=C/c1ccncc1)O2. The Morgan fingerprint density at radius 1 is 1.10 bits per heavy atom. The number of fused-ring (bicyclic) bond motifs is 2. The molecule has 0 aliphatic carbocycles. The summed E-state index contributed by atoms with van der Waals surface area (Å²) in [5, 5.41) is 1.24. The zero-order valence-corrected chi connectivity index (χ0v) is 17.0. The minimum absolute atomic E-state index is 0.0469. The Labute approximate surface area is 181 Å². The summed E-state index contributed by atoms with van der Waals surface area (Å²) in [6.07, 6.45) is 4.91. The molecule has 0 atom stereocenters. The number of furan rings is 1. The van der Waals surface area contributed by atoms with E-state index < -0.39 is 5.97 Å². The number of carbonyl (C=O) groups is 2. The van der Waals surface area contributed by atoms with Gasteiger partial charge in [0.25, 0.3) is 0 Å². The van der Waals surface area contributed by atoms with Crippen LogP contribution in [0, 0.1) is 6.92 Å². The Morgan fingerprint density at radius 3 is 2.71 bits per heavy atom. The normalized spacial score (nSPS) is 14.0. The summed E-state index contributed by atoms with van der Waals surface area (Å²) in [5.41, 5.74) is 2.40. The summed E-state index contributed by atoms with van der Waals surface area (Å²) in [6, 6.07) is 13.3. The van der Waals surface area contributed by atoms with Gasteiger partial charge in [-0.1, -0.05) is 11.6 Å². The fourth-order valence-corrected chi connectivity index (χ4v) is 3.60. The summed E-state index contributed by atoms with van der Waals surface area (Å²) < 4.78 is 16.8. The number of ketones is 1. The average molecular weight is 432 g/mol. The molecule has 1 aliphatic rings. The molecule has 0 fully saturated rings. The summed E-state index contributed by atoms with van der Waals surface area (Å²) in [5.74, 6) is -0.0604. The number of benzene rings is 2. The van der Waals surface area contributed by atoms with Crippen molar-refractivity contribution in [3.8, 4) is 11.5 Å². The van der Waals surface area contributed by atoms with Crippen molar-refractivity contribution in [3.63, 3.8) is 0 Å². The lowest BCUT2D eigenvalue weighted by Crippen LogP contribution is -2.07. The summed E-state index contributed by atoms with van der Waals surface area (Å²) >= 11 is 5.98. The van der Waals surface area contributed by atoms with Crippen molar-refractivity contribution in [2.75, 3.05) is 0 Å². The maximum atomic E-state index is 12.8. The first-order valence-corrected chi connectivity index (χ1v) is 9.76. The van der Waals surface area contributed by atoms with Crippen molar-refractivity contribution < 1.29 is 23.5 Å². The number of esters is 1. The molecule has 0 radical (unpaired) electrons. The number of pyridine rings is 1. The molecule has 1 aliphatic heterocycles. The third-order valence-electron chi connectivity index (χ3n) is 4.84. The maximum Gasteiger partial charge on any atom is 0.379 e. The van der Waals surface area contributed by atoms with E-state index in [-0.39, 0.29) is 23.1 Å². The van der Waals surface area contributed by atoms with Crippen LogP contribution < -0.4 is 9.47 Å². The number of allylic oxidation sites excluding steroid dienone is 1. The van der Waals surface area contributed by atoms with E-state index in [1.165, 1.54) is 6.07 Å². The van der Waals surface area contributed by atoms with Crippen molar-refractivity contribution in [2.24, 2.45) is 0 Å². The number of Topliss-reactive ketones (excluding diaryl/α,β-unsaturated/α-hetero) is 1. The minimum Gasteiger partial charge on any atom is -0.452 e. The highest BCUT2D eigenvalue weighted by molar-refractivity contribution is 6.31. The van der Waals surface area contributed by atoms with Gasteiger partial charge in [-0.2, -0.15) is 0 Å². The molecule has 152 valence electrons. The lowest BCUT2D eigenvalue weighted by atomic mass is 10.0. The van der Waals surface area contributed by atoms with Gasteiger partial charge in [-0.3, -0.25) is 9.78 Å². The van der Waals surface area contributed by atoms with Crippen LogP contribution in [0.1, 0.15) is 32.0 Å². The Kier molecular flexibility index (Phi) is 4.56. The summed E-state index contributed by atoms with van der Waals surface area (Å²) in [6.45, 7) is 1.76. The molecule has 0 N–H and O–H groups in total. The summed E-state index contributed by atoms with van der Waals surface area (Å²) in [7, 11) is 0. The molecule has 6 nitrogen and oxygen atoms in total. The monoisotopic (exact) mass is 431 g/mol. The number of rotatable bonds is 3. The van der Waals surface area contributed by atoms with E-state index in [4.69, 9.17) is 25.5 Å². The predicted octanol–water partition coefficient (Wildman–Crippen LogP) is 5.63. The Morgan fingerprint density at radius 2 is 1.90 bits per heavy atom. The van der Waals surface area contributed by atoms with E-state index in [0.29, 0.717) is 32.9 Å². The number of aromatic nitrogens is 1. The number of nitrogens with zero attached hydrogens (tertiary/aromatic N) is 1. The van der Waals surface area contributed by atoms with E-state index in [0.717, 1.165) is 5.56 Å². The zero-order chi connectivity index (χ0) is 21.5. The second-order valence-corrected chi connectivity index (χ2v) is 7.45. The molecule has 2 aromatic carbocycles. The predicted molar refractivity (Wildman–Crippen MR) is 115 cm³/mol. The Hall–Kier alpha value is -3.90. The van der Waals surface area contributed by atoms with Gasteiger partial charge in [0.1, 0.15) is 17.1 Å². The zero-order valence-electron chi connectivity index (χ0n) is 16.2. The molecule has 0 amide bonds. The third-order valence-corrected chi connectivity index (χ3v) is 5.07. The van der Waals surface area contributed by atoms with Gasteiger partial charge in [-0.25, -0.2) is 4.79 Å². The van der Waals surface area contributed by atoms with Gasteiger partial charge in [0.2, 0.25) is 11.5 Å². The third kappa shape index (κ3) is 3.58. The van der Waals surface area contributed by atoms with Crippen molar-refractivity contribution >= 4 is 40.4 Å². The smallest absolute Gasteiger partial charge is 0.379 e. The highest BCUT2D eigenvalue weighted by Crippen LogP contribution is 2.38. The molecular formula is C24H14ClNO5.